The lowest BCUT2D eigenvalue weighted by Gasteiger charge is -2.10. The van der Waals surface area contributed by atoms with Crippen molar-refractivity contribution in [1.82, 2.24) is 0 Å². The second kappa shape index (κ2) is 6.06. The topological polar surface area (TPSA) is 47.3 Å². The average molecular weight is 354 g/mol. The number of halogens is 1. The van der Waals surface area contributed by atoms with Crippen molar-refractivity contribution >= 4 is 39.7 Å². The van der Waals surface area contributed by atoms with Crippen LogP contribution < -0.4 is 11.1 Å². The van der Waals surface area contributed by atoms with Gasteiger partial charge in [-0.05, 0) is 58.5 Å². The Morgan fingerprint density at radius 1 is 1.17 bits per heavy atom. The molecular weight excluding hydrogens is 339 g/mol. The highest BCUT2D eigenvalue weighted by atomic mass is 127. The van der Waals surface area contributed by atoms with E-state index in [2.05, 4.69) is 27.9 Å². The Hall–Kier alpha value is -1.27. The molecule has 2 aromatic carbocycles. The number of nitrogens with two attached hydrogens (primary N) is 1. The summed E-state index contributed by atoms with van der Waals surface area (Å²) in [5, 5.41) is 3.30. The molecule has 0 unspecified atom stereocenters. The van der Waals surface area contributed by atoms with Crippen molar-refractivity contribution in [3.63, 3.8) is 0 Å². The molecule has 0 aliphatic heterocycles. The van der Waals surface area contributed by atoms with Crippen molar-refractivity contribution in [2.24, 2.45) is 0 Å². The Bertz CT molecular complexity index is 526. The summed E-state index contributed by atoms with van der Waals surface area (Å²) < 4.78 is 6.21. The van der Waals surface area contributed by atoms with Gasteiger partial charge >= 0.3 is 0 Å². The zero-order chi connectivity index (χ0) is 13.0. The standard InChI is InChI=1S/C14H15IN2O/c1-18-9-10-2-5-12(6-3-10)17-14-7-4-11(15)8-13(14)16/h2-8,17H,9,16H2,1H3. The fourth-order valence-electron chi connectivity index (χ4n) is 1.65. The maximum Gasteiger partial charge on any atom is 0.0713 e. The monoisotopic (exact) mass is 354 g/mol. The van der Waals surface area contributed by atoms with Crippen LogP contribution in [-0.4, -0.2) is 7.11 Å². The zero-order valence-corrected chi connectivity index (χ0v) is 12.3. The minimum absolute atomic E-state index is 0.631. The number of methoxy groups -OCH3 is 1. The third kappa shape index (κ3) is 3.36. The number of hydrogen-bond donors (Lipinski definition) is 2. The van der Waals surface area contributed by atoms with Gasteiger partial charge < -0.3 is 15.8 Å². The summed E-state index contributed by atoms with van der Waals surface area (Å²) in [5.41, 5.74) is 9.81. The van der Waals surface area contributed by atoms with Crippen molar-refractivity contribution in [3.8, 4) is 0 Å². The largest absolute Gasteiger partial charge is 0.397 e. The van der Waals surface area contributed by atoms with Crippen molar-refractivity contribution < 1.29 is 4.74 Å². The average Bonchev–Trinajstić information content (AvgIpc) is 2.35. The quantitative estimate of drug-likeness (QED) is 0.649. The number of rotatable bonds is 4. The number of ether oxygens (including phenoxy) is 1. The molecular formula is C14H15IN2O. The Morgan fingerprint density at radius 3 is 2.50 bits per heavy atom. The van der Waals surface area contributed by atoms with E-state index < -0.39 is 0 Å². The van der Waals surface area contributed by atoms with Crippen molar-refractivity contribution in [2.75, 3.05) is 18.2 Å². The molecule has 2 aromatic rings. The molecule has 0 atom stereocenters. The summed E-state index contributed by atoms with van der Waals surface area (Å²) in [6.45, 7) is 0.631. The molecule has 0 aromatic heterocycles. The van der Waals surface area contributed by atoms with Gasteiger partial charge in [-0.3, -0.25) is 0 Å². The molecule has 94 valence electrons. The van der Waals surface area contributed by atoms with Gasteiger partial charge in [-0.25, -0.2) is 0 Å². The van der Waals surface area contributed by atoms with Crippen LogP contribution in [0, 0.1) is 3.57 Å². The predicted molar refractivity (Wildman–Crippen MR) is 84.0 cm³/mol. The molecule has 3 N–H and O–H groups in total. The molecule has 0 heterocycles. The Morgan fingerprint density at radius 2 is 1.89 bits per heavy atom. The van der Waals surface area contributed by atoms with Crippen LogP contribution in [0.5, 0.6) is 0 Å². The SMILES string of the molecule is COCc1ccc(Nc2ccc(I)cc2N)cc1. The van der Waals surface area contributed by atoms with Crippen LogP contribution in [0.1, 0.15) is 5.56 Å². The number of anilines is 3. The molecule has 0 aliphatic rings. The molecule has 3 nitrogen and oxygen atoms in total. The van der Waals surface area contributed by atoms with Gasteiger partial charge in [0, 0.05) is 16.4 Å². The Balaban J connectivity index is 2.13. The van der Waals surface area contributed by atoms with Crippen molar-refractivity contribution in [1.29, 1.82) is 0 Å². The van der Waals surface area contributed by atoms with Gasteiger partial charge in [-0.15, -0.1) is 0 Å². The van der Waals surface area contributed by atoms with Gasteiger partial charge in [0.25, 0.3) is 0 Å². The molecule has 4 heteroatoms. The first-order valence-electron chi connectivity index (χ1n) is 5.59. The molecule has 0 fully saturated rings. The van der Waals surface area contributed by atoms with Crippen molar-refractivity contribution in [3.05, 3.63) is 51.6 Å². The summed E-state index contributed by atoms with van der Waals surface area (Å²) in [4.78, 5) is 0. The number of nitrogen functional groups attached to an aromatic ring is 1. The van der Waals surface area contributed by atoms with Gasteiger partial charge in [-0.2, -0.15) is 0 Å². The molecule has 0 saturated heterocycles. The van der Waals surface area contributed by atoms with E-state index in [1.165, 1.54) is 0 Å². The van der Waals surface area contributed by atoms with Gasteiger partial charge in [0.15, 0.2) is 0 Å². The molecule has 0 spiro atoms. The maximum atomic E-state index is 5.96. The van der Waals surface area contributed by atoms with E-state index in [1.807, 2.05) is 42.5 Å². The van der Waals surface area contributed by atoms with E-state index in [4.69, 9.17) is 10.5 Å². The highest BCUT2D eigenvalue weighted by Gasteiger charge is 2.00. The summed E-state index contributed by atoms with van der Waals surface area (Å²) in [6, 6.07) is 14.1. The lowest BCUT2D eigenvalue weighted by Crippen LogP contribution is -1.97. The van der Waals surface area contributed by atoms with Crippen LogP contribution >= 0.6 is 22.6 Å². The molecule has 0 aliphatic carbocycles. The van der Waals surface area contributed by atoms with E-state index >= 15 is 0 Å². The Labute approximate surface area is 120 Å². The lowest BCUT2D eigenvalue weighted by molar-refractivity contribution is 0.185. The van der Waals surface area contributed by atoms with Crippen LogP contribution in [0.3, 0.4) is 0 Å². The molecule has 18 heavy (non-hydrogen) atoms. The molecule has 2 rings (SSSR count). The second-order valence-corrected chi connectivity index (χ2v) is 5.23. The first kappa shape index (κ1) is 13.2. The van der Waals surface area contributed by atoms with Gasteiger partial charge in [0.05, 0.1) is 18.0 Å². The number of hydrogen-bond acceptors (Lipinski definition) is 3. The summed E-state index contributed by atoms with van der Waals surface area (Å²) >= 11 is 2.24. The summed E-state index contributed by atoms with van der Waals surface area (Å²) in [7, 11) is 1.69. The fourth-order valence-corrected chi connectivity index (χ4v) is 2.17. The third-order valence-electron chi connectivity index (χ3n) is 2.56. The van der Waals surface area contributed by atoms with E-state index in [0.29, 0.717) is 6.61 Å². The zero-order valence-electron chi connectivity index (χ0n) is 10.1. The summed E-state index contributed by atoms with van der Waals surface area (Å²) in [6.07, 6.45) is 0. The van der Waals surface area contributed by atoms with E-state index in [-0.39, 0.29) is 0 Å². The van der Waals surface area contributed by atoms with Crippen LogP contribution in [-0.2, 0) is 11.3 Å². The van der Waals surface area contributed by atoms with Crippen LogP contribution in [0.25, 0.3) is 0 Å². The van der Waals surface area contributed by atoms with Crippen LogP contribution in [0.2, 0.25) is 0 Å². The van der Waals surface area contributed by atoms with Crippen LogP contribution in [0.4, 0.5) is 17.1 Å². The molecule has 0 saturated carbocycles. The number of nitrogens with one attached hydrogen (secondary N) is 1. The van der Waals surface area contributed by atoms with E-state index in [1.54, 1.807) is 7.11 Å². The predicted octanol–water partition coefficient (Wildman–Crippen LogP) is 3.76. The first-order valence-corrected chi connectivity index (χ1v) is 6.67. The lowest BCUT2D eigenvalue weighted by atomic mass is 10.2. The van der Waals surface area contributed by atoms with E-state index in [9.17, 15) is 0 Å². The number of benzene rings is 2. The highest BCUT2D eigenvalue weighted by molar-refractivity contribution is 14.1. The van der Waals surface area contributed by atoms with Gasteiger partial charge in [-0.1, -0.05) is 12.1 Å². The van der Waals surface area contributed by atoms with Gasteiger partial charge in [0.2, 0.25) is 0 Å². The minimum Gasteiger partial charge on any atom is -0.397 e. The van der Waals surface area contributed by atoms with Gasteiger partial charge in [0.1, 0.15) is 0 Å². The Kier molecular flexibility index (Phi) is 4.43. The molecule has 0 amide bonds. The van der Waals surface area contributed by atoms with Crippen LogP contribution in [0.15, 0.2) is 42.5 Å². The molecule has 0 radical (unpaired) electrons. The normalized spacial score (nSPS) is 10.3. The fraction of sp³-hybridized carbons (Fsp3) is 0.143. The molecule has 0 bridgehead atoms. The minimum atomic E-state index is 0.631. The van der Waals surface area contributed by atoms with Crippen molar-refractivity contribution in [2.45, 2.75) is 6.61 Å². The first-order chi connectivity index (χ1) is 8.69. The summed E-state index contributed by atoms with van der Waals surface area (Å²) in [5.74, 6) is 0. The third-order valence-corrected chi connectivity index (χ3v) is 3.23. The van der Waals surface area contributed by atoms with E-state index in [0.717, 1.165) is 26.2 Å². The highest BCUT2D eigenvalue weighted by Crippen LogP contribution is 2.25. The smallest absolute Gasteiger partial charge is 0.0713 e. The maximum absolute atomic E-state index is 5.96. The second-order valence-electron chi connectivity index (χ2n) is 3.99.